The Morgan fingerprint density at radius 2 is 1.90 bits per heavy atom. The largest absolute Gasteiger partial charge is 0.507 e. The van der Waals surface area contributed by atoms with Gasteiger partial charge in [0.25, 0.3) is 0 Å². The van der Waals surface area contributed by atoms with Crippen molar-refractivity contribution in [1.82, 2.24) is 4.31 Å². The Balaban J connectivity index is 3.29. The first-order chi connectivity index (χ1) is 9.79. The number of ether oxygens (including phenoxy) is 1. The summed E-state index contributed by atoms with van der Waals surface area (Å²) in [6.07, 6.45) is 1.38. The van der Waals surface area contributed by atoms with Crippen molar-refractivity contribution in [2.75, 3.05) is 14.2 Å². The van der Waals surface area contributed by atoms with E-state index < -0.39 is 16.0 Å². The predicted octanol–water partition coefficient (Wildman–Crippen LogP) is 1.99. The van der Waals surface area contributed by atoms with Crippen molar-refractivity contribution in [2.24, 2.45) is 0 Å². The zero-order valence-electron chi connectivity index (χ0n) is 12.7. The number of benzene rings is 1. The van der Waals surface area contributed by atoms with Gasteiger partial charge < -0.3 is 9.84 Å². The minimum absolute atomic E-state index is 0.0462. The van der Waals surface area contributed by atoms with Gasteiger partial charge in [-0.05, 0) is 31.0 Å². The van der Waals surface area contributed by atoms with Gasteiger partial charge in [0.2, 0.25) is 10.0 Å². The van der Waals surface area contributed by atoms with E-state index in [0.717, 1.165) is 6.07 Å². The number of aromatic hydroxyl groups is 1. The molecule has 0 atom stereocenters. The Labute approximate surface area is 125 Å². The number of nitrogens with zero attached hydrogens (tertiary/aromatic N) is 1. The highest BCUT2D eigenvalue weighted by Gasteiger charge is 2.27. The average Bonchev–Trinajstić information content (AvgIpc) is 2.47. The van der Waals surface area contributed by atoms with Crippen molar-refractivity contribution in [3.63, 3.8) is 0 Å². The number of hydrogen-bond donors (Lipinski definition) is 1. The van der Waals surface area contributed by atoms with Crippen LogP contribution in [0.15, 0.2) is 23.1 Å². The number of phenolic OH excluding ortho intramolecular Hbond substituents is 1. The van der Waals surface area contributed by atoms with Gasteiger partial charge in [-0.2, -0.15) is 4.31 Å². The summed E-state index contributed by atoms with van der Waals surface area (Å²) in [6, 6.07) is 3.47. The second-order valence-corrected chi connectivity index (χ2v) is 6.66. The number of carbonyl (C=O) groups excluding carboxylic acids is 1. The van der Waals surface area contributed by atoms with E-state index in [1.54, 1.807) is 0 Å². The summed E-state index contributed by atoms with van der Waals surface area (Å²) in [5.41, 5.74) is -0.170. The van der Waals surface area contributed by atoms with Crippen molar-refractivity contribution >= 4 is 16.0 Å². The summed E-state index contributed by atoms with van der Waals surface area (Å²) in [5.74, 6) is -1.10. The van der Waals surface area contributed by atoms with Gasteiger partial charge in [-0.25, -0.2) is 13.2 Å². The first kappa shape index (κ1) is 17.5. The first-order valence-corrected chi connectivity index (χ1v) is 8.12. The monoisotopic (exact) mass is 315 g/mol. The fourth-order valence-electron chi connectivity index (χ4n) is 2.11. The summed E-state index contributed by atoms with van der Waals surface area (Å²) in [7, 11) is -1.05. The maximum atomic E-state index is 12.6. The molecule has 0 aliphatic carbocycles. The van der Waals surface area contributed by atoms with E-state index in [9.17, 15) is 18.3 Å². The number of sulfonamides is 1. The fraction of sp³-hybridized carbons (Fsp3) is 0.500. The topological polar surface area (TPSA) is 83.9 Å². The molecule has 0 spiro atoms. The van der Waals surface area contributed by atoms with Gasteiger partial charge in [0, 0.05) is 13.1 Å². The molecule has 0 unspecified atom stereocenters. The van der Waals surface area contributed by atoms with Crippen LogP contribution in [0.25, 0.3) is 0 Å². The zero-order chi connectivity index (χ0) is 16.2. The predicted molar refractivity (Wildman–Crippen MR) is 78.8 cm³/mol. The summed E-state index contributed by atoms with van der Waals surface area (Å²) in [4.78, 5) is 11.5. The molecule has 1 rings (SSSR count). The maximum absolute atomic E-state index is 12.6. The summed E-state index contributed by atoms with van der Waals surface area (Å²) >= 11 is 0. The van der Waals surface area contributed by atoms with Gasteiger partial charge >= 0.3 is 5.97 Å². The van der Waals surface area contributed by atoms with Crippen molar-refractivity contribution < 1.29 is 23.1 Å². The molecule has 0 bridgehead atoms. The molecular weight excluding hydrogens is 294 g/mol. The molecule has 0 saturated carbocycles. The van der Waals surface area contributed by atoms with Crippen LogP contribution in [-0.4, -0.2) is 44.0 Å². The fourth-order valence-corrected chi connectivity index (χ4v) is 3.64. The summed E-state index contributed by atoms with van der Waals surface area (Å²) < 4.78 is 30.9. The van der Waals surface area contributed by atoms with E-state index >= 15 is 0 Å². The van der Waals surface area contributed by atoms with E-state index in [0.29, 0.717) is 12.8 Å². The first-order valence-electron chi connectivity index (χ1n) is 6.68. The third kappa shape index (κ3) is 3.54. The maximum Gasteiger partial charge on any atom is 0.341 e. The third-order valence-corrected chi connectivity index (χ3v) is 5.41. The second kappa shape index (κ2) is 6.91. The third-order valence-electron chi connectivity index (χ3n) is 3.51. The van der Waals surface area contributed by atoms with Crippen LogP contribution in [0.2, 0.25) is 0 Å². The van der Waals surface area contributed by atoms with Gasteiger partial charge in [-0.1, -0.05) is 13.8 Å². The minimum atomic E-state index is -3.73. The number of rotatable bonds is 6. The van der Waals surface area contributed by atoms with Crippen molar-refractivity contribution in [1.29, 1.82) is 0 Å². The molecular formula is C14H21NO5S. The SMILES string of the molecule is CCC(CC)N(C)S(=O)(=O)c1ccc(O)c(C(=O)OC)c1. The van der Waals surface area contributed by atoms with Crippen LogP contribution in [-0.2, 0) is 14.8 Å². The lowest BCUT2D eigenvalue weighted by Crippen LogP contribution is -2.36. The van der Waals surface area contributed by atoms with E-state index in [1.165, 1.54) is 30.6 Å². The van der Waals surface area contributed by atoms with Crippen LogP contribution >= 0.6 is 0 Å². The Bertz CT molecular complexity index is 608. The average molecular weight is 315 g/mol. The standard InChI is InChI=1S/C14H21NO5S/c1-5-10(6-2)15(3)21(18,19)11-7-8-13(16)12(9-11)14(17)20-4/h7-10,16H,5-6H2,1-4H3. The molecule has 1 aromatic rings. The summed E-state index contributed by atoms with van der Waals surface area (Å²) in [6.45, 7) is 3.83. The normalized spacial score (nSPS) is 11.9. The molecule has 0 amide bonds. The van der Waals surface area contributed by atoms with Gasteiger partial charge in [0.15, 0.2) is 0 Å². The minimum Gasteiger partial charge on any atom is -0.507 e. The number of esters is 1. The van der Waals surface area contributed by atoms with Gasteiger partial charge in [0.05, 0.1) is 12.0 Å². The molecule has 7 heteroatoms. The molecule has 6 nitrogen and oxygen atoms in total. The quantitative estimate of drug-likeness (QED) is 0.812. The Morgan fingerprint density at radius 3 is 2.38 bits per heavy atom. The number of carbonyl (C=O) groups is 1. The molecule has 0 radical (unpaired) electrons. The molecule has 1 N–H and O–H groups in total. The number of hydrogen-bond acceptors (Lipinski definition) is 5. The van der Waals surface area contributed by atoms with E-state index in [2.05, 4.69) is 4.74 Å². The molecule has 1 aromatic carbocycles. The van der Waals surface area contributed by atoms with E-state index in [-0.39, 0.29) is 22.3 Å². The lowest BCUT2D eigenvalue weighted by atomic mass is 10.2. The molecule has 0 aromatic heterocycles. The van der Waals surface area contributed by atoms with Crippen LogP contribution in [0.3, 0.4) is 0 Å². The zero-order valence-corrected chi connectivity index (χ0v) is 13.5. The number of methoxy groups -OCH3 is 1. The summed E-state index contributed by atoms with van der Waals surface area (Å²) in [5, 5.41) is 9.63. The molecule has 0 aliphatic rings. The molecule has 0 fully saturated rings. The van der Waals surface area contributed by atoms with Crippen molar-refractivity contribution in [3.8, 4) is 5.75 Å². The van der Waals surface area contributed by atoms with Crippen LogP contribution in [0.1, 0.15) is 37.0 Å². The Kier molecular flexibility index (Phi) is 5.74. The molecule has 118 valence electrons. The van der Waals surface area contributed by atoms with Gasteiger partial charge in [-0.3, -0.25) is 0 Å². The Hall–Kier alpha value is -1.60. The molecule has 0 aliphatic heterocycles. The lowest BCUT2D eigenvalue weighted by molar-refractivity contribution is 0.0597. The van der Waals surface area contributed by atoms with E-state index in [1.807, 2.05) is 13.8 Å². The highest BCUT2D eigenvalue weighted by Crippen LogP contribution is 2.25. The second-order valence-electron chi connectivity index (χ2n) is 4.66. The van der Waals surface area contributed by atoms with Crippen LogP contribution in [0.5, 0.6) is 5.75 Å². The van der Waals surface area contributed by atoms with E-state index in [4.69, 9.17) is 0 Å². The Morgan fingerprint density at radius 1 is 1.33 bits per heavy atom. The number of phenols is 1. The van der Waals surface area contributed by atoms with Crippen LogP contribution in [0, 0.1) is 0 Å². The molecule has 0 heterocycles. The molecule has 0 saturated heterocycles. The van der Waals surface area contributed by atoms with Gasteiger partial charge in [-0.15, -0.1) is 0 Å². The van der Waals surface area contributed by atoms with Crippen molar-refractivity contribution in [2.45, 2.75) is 37.6 Å². The highest BCUT2D eigenvalue weighted by molar-refractivity contribution is 7.89. The highest BCUT2D eigenvalue weighted by atomic mass is 32.2. The van der Waals surface area contributed by atoms with Gasteiger partial charge in [0.1, 0.15) is 11.3 Å². The molecule has 21 heavy (non-hydrogen) atoms. The van der Waals surface area contributed by atoms with Crippen molar-refractivity contribution in [3.05, 3.63) is 23.8 Å². The smallest absolute Gasteiger partial charge is 0.341 e. The van der Waals surface area contributed by atoms with Crippen LogP contribution in [0.4, 0.5) is 0 Å². The lowest BCUT2D eigenvalue weighted by Gasteiger charge is -2.25. The van der Waals surface area contributed by atoms with Crippen LogP contribution < -0.4 is 0 Å².